The number of rotatable bonds is 2. The molecular formula is C25H30N4O. The molecule has 0 bridgehead atoms. The molecule has 1 amide bonds. The van der Waals surface area contributed by atoms with E-state index in [4.69, 9.17) is 0 Å². The summed E-state index contributed by atoms with van der Waals surface area (Å²) in [6.45, 7) is 1.62. The van der Waals surface area contributed by atoms with E-state index in [9.17, 15) is 4.79 Å². The Kier molecular flexibility index (Phi) is 4.32. The predicted molar refractivity (Wildman–Crippen MR) is 116 cm³/mol. The Morgan fingerprint density at radius 2 is 1.80 bits per heavy atom. The molecule has 5 heteroatoms. The second kappa shape index (κ2) is 7.07. The van der Waals surface area contributed by atoms with Crippen molar-refractivity contribution in [3.05, 3.63) is 53.9 Å². The van der Waals surface area contributed by atoms with Gasteiger partial charge in [0.1, 0.15) is 6.04 Å². The number of aromatic nitrogens is 2. The summed E-state index contributed by atoms with van der Waals surface area (Å²) in [5.41, 5.74) is 3.02. The summed E-state index contributed by atoms with van der Waals surface area (Å²) in [5, 5.41) is 0. The zero-order chi connectivity index (χ0) is 20.1. The summed E-state index contributed by atoms with van der Waals surface area (Å²) < 4.78 is 0. The number of anilines is 1. The van der Waals surface area contributed by atoms with Gasteiger partial charge in [0, 0.05) is 36.9 Å². The Balaban J connectivity index is 1.33. The average Bonchev–Trinajstić information content (AvgIpc) is 3.17. The average molecular weight is 403 g/mol. The van der Waals surface area contributed by atoms with Crippen molar-refractivity contribution < 1.29 is 4.79 Å². The molecule has 4 aliphatic rings. The standard InChI is InChI=1S/C25H30N4O/c30-23(28-16-19-8-1-3-9-20(19)25(17-28)11-5-12-25)22-15-18-7-2-4-10-21(18)29(22)24-26-13-6-14-27-24/h1,3,6,8-9,13-14,18,21-22H,2,4-5,7,10-12,15-17H2/t18-,21-,22-/m0/s1. The number of carbonyl (C=O) groups excluding carboxylic acids is 1. The van der Waals surface area contributed by atoms with Crippen LogP contribution in [-0.4, -0.2) is 39.4 Å². The highest BCUT2D eigenvalue weighted by molar-refractivity contribution is 5.86. The van der Waals surface area contributed by atoms with Gasteiger partial charge in [-0.15, -0.1) is 0 Å². The van der Waals surface area contributed by atoms with Crippen molar-refractivity contribution in [2.75, 3.05) is 11.4 Å². The Hall–Kier alpha value is -2.43. The number of nitrogens with zero attached hydrogens (tertiary/aromatic N) is 4. The number of hydrogen-bond donors (Lipinski definition) is 0. The van der Waals surface area contributed by atoms with Crippen LogP contribution in [0.25, 0.3) is 0 Å². The van der Waals surface area contributed by atoms with Crippen LogP contribution in [-0.2, 0) is 16.8 Å². The first-order chi connectivity index (χ1) is 14.8. The van der Waals surface area contributed by atoms with Crippen LogP contribution in [0.2, 0.25) is 0 Å². The maximum Gasteiger partial charge on any atom is 0.245 e. The van der Waals surface area contributed by atoms with E-state index in [2.05, 4.69) is 44.0 Å². The van der Waals surface area contributed by atoms with Gasteiger partial charge in [-0.1, -0.05) is 43.5 Å². The van der Waals surface area contributed by atoms with Crippen molar-refractivity contribution in [1.29, 1.82) is 0 Å². The fraction of sp³-hybridized carbons (Fsp3) is 0.560. The molecule has 2 aliphatic heterocycles. The SMILES string of the molecule is O=C([C@@H]1C[C@@H]2CCCC[C@@H]2N1c1ncccn1)N1Cc2ccccc2C2(CCC2)C1. The Morgan fingerprint density at radius 3 is 2.60 bits per heavy atom. The van der Waals surface area contributed by atoms with Crippen LogP contribution in [0.5, 0.6) is 0 Å². The molecule has 1 spiro atoms. The molecule has 1 aromatic heterocycles. The van der Waals surface area contributed by atoms with Gasteiger partial charge < -0.3 is 9.80 Å². The Bertz CT molecular complexity index is 941. The molecule has 2 aromatic rings. The van der Waals surface area contributed by atoms with Crippen LogP contribution in [0.1, 0.15) is 62.5 Å². The molecular weight excluding hydrogens is 372 g/mol. The fourth-order valence-electron chi connectivity index (χ4n) is 6.68. The molecule has 2 saturated carbocycles. The van der Waals surface area contributed by atoms with Crippen LogP contribution in [0, 0.1) is 5.92 Å². The molecule has 1 aromatic carbocycles. The van der Waals surface area contributed by atoms with Crippen molar-refractivity contribution in [1.82, 2.24) is 14.9 Å². The Labute approximate surface area is 178 Å². The van der Waals surface area contributed by atoms with Crippen molar-refractivity contribution in [3.63, 3.8) is 0 Å². The molecule has 3 heterocycles. The number of benzene rings is 1. The topological polar surface area (TPSA) is 49.3 Å². The lowest BCUT2D eigenvalue weighted by molar-refractivity contribution is -0.135. The van der Waals surface area contributed by atoms with Gasteiger partial charge in [-0.05, 0) is 55.2 Å². The van der Waals surface area contributed by atoms with E-state index in [1.165, 1.54) is 49.7 Å². The summed E-state index contributed by atoms with van der Waals surface area (Å²) in [6, 6.07) is 10.9. The lowest BCUT2D eigenvalue weighted by Gasteiger charge is -2.50. The normalized spacial score (nSPS) is 29.3. The predicted octanol–water partition coefficient (Wildman–Crippen LogP) is 4.08. The third kappa shape index (κ3) is 2.78. The molecule has 6 rings (SSSR count). The molecule has 0 unspecified atom stereocenters. The third-order valence-corrected chi connectivity index (χ3v) is 8.22. The summed E-state index contributed by atoms with van der Waals surface area (Å²) in [7, 11) is 0. The van der Waals surface area contributed by atoms with Crippen LogP contribution < -0.4 is 4.90 Å². The fourth-order valence-corrected chi connectivity index (χ4v) is 6.68. The monoisotopic (exact) mass is 402 g/mol. The number of carbonyl (C=O) groups is 1. The minimum absolute atomic E-state index is 0.122. The van der Waals surface area contributed by atoms with Crippen molar-refractivity contribution in [2.24, 2.45) is 5.92 Å². The molecule has 5 nitrogen and oxygen atoms in total. The zero-order valence-electron chi connectivity index (χ0n) is 17.5. The highest BCUT2D eigenvalue weighted by Crippen LogP contribution is 2.49. The van der Waals surface area contributed by atoms with Crippen molar-refractivity contribution in [3.8, 4) is 0 Å². The van der Waals surface area contributed by atoms with Crippen LogP contribution in [0.15, 0.2) is 42.7 Å². The molecule has 30 heavy (non-hydrogen) atoms. The maximum absolute atomic E-state index is 14.0. The molecule has 2 aliphatic carbocycles. The first-order valence-electron chi connectivity index (χ1n) is 11.7. The molecule has 3 fully saturated rings. The molecule has 3 atom stereocenters. The van der Waals surface area contributed by atoms with Crippen molar-refractivity contribution >= 4 is 11.9 Å². The zero-order valence-corrected chi connectivity index (χ0v) is 17.5. The van der Waals surface area contributed by atoms with Crippen LogP contribution in [0.3, 0.4) is 0 Å². The largest absolute Gasteiger partial charge is 0.336 e. The van der Waals surface area contributed by atoms with E-state index in [-0.39, 0.29) is 17.4 Å². The number of fused-ring (bicyclic) bond motifs is 3. The smallest absolute Gasteiger partial charge is 0.245 e. The van der Waals surface area contributed by atoms with Gasteiger partial charge in [0.25, 0.3) is 0 Å². The van der Waals surface area contributed by atoms with Crippen LogP contribution in [0.4, 0.5) is 5.95 Å². The summed E-state index contributed by atoms with van der Waals surface area (Å²) >= 11 is 0. The van der Waals surface area contributed by atoms with Gasteiger partial charge in [0.2, 0.25) is 11.9 Å². The second-order valence-corrected chi connectivity index (χ2v) is 9.80. The molecule has 0 N–H and O–H groups in total. The maximum atomic E-state index is 14.0. The lowest BCUT2D eigenvalue weighted by atomic mass is 9.61. The first kappa shape index (κ1) is 18.3. The molecule has 156 valence electrons. The first-order valence-corrected chi connectivity index (χ1v) is 11.7. The number of hydrogen-bond acceptors (Lipinski definition) is 4. The van der Waals surface area contributed by atoms with E-state index >= 15 is 0 Å². The van der Waals surface area contributed by atoms with E-state index in [1.54, 1.807) is 12.4 Å². The van der Waals surface area contributed by atoms with E-state index in [0.717, 1.165) is 31.9 Å². The van der Waals surface area contributed by atoms with Gasteiger partial charge in [-0.25, -0.2) is 9.97 Å². The second-order valence-electron chi connectivity index (χ2n) is 9.80. The van der Waals surface area contributed by atoms with Gasteiger partial charge in [0.15, 0.2) is 0 Å². The molecule has 0 radical (unpaired) electrons. The summed E-state index contributed by atoms with van der Waals surface area (Å²) in [6.07, 6.45) is 13.1. The Morgan fingerprint density at radius 1 is 1.00 bits per heavy atom. The highest BCUT2D eigenvalue weighted by atomic mass is 16.2. The summed E-state index contributed by atoms with van der Waals surface area (Å²) in [5.74, 6) is 1.62. The summed E-state index contributed by atoms with van der Waals surface area (Å²) in [4.78, 5) is 27.6. The van der Waals surface area contributed by atoms with Crippen LogP contribution >= 0.6 is 0 Å². The minimum Gasteiger partial charge on any atom is -0.336 e. The quantitative estimate of drug-likeness (QED) is 0.760. The molecule has 1 saturated heterocycles. The van der Waals surface area contributed by atoms with Gasteiger partial charge in [-0.2, -0.15) is 0 Å². The highest BCUT2D eigenvalue weighted by Gasteiger charge is 2.50. The third-order valence-electron chi connectivity index (χ3n) is 8.22. The van der Waals surface area contributed by atoms with E-state index in [1.807, 2.05) is 6.07 Å². The minimum atomic E-state index is -0.122. The van der Waals surface area contributed by atoms with E-state index < -0.39 is 0 Å². The van der Waals surface area contributed by atoms with E-state index in [0.29, 0.717) is 12.0 Å². The van der Waals surface area contributed by atoms with Gasteiger partial charge in [-0.3, -0.25) is 4.79 Å². The van der Waals surface area contributed by atoms with Crippen molar-refractivity contribution in [2.45, 2.75) is 75.4 Å². The van der Waals surface area contributed by atoms with Gasteiger partial charge >= 0.3 is 0 Å². The number of amides is 1. The lowest BCUT2D eigenvalue weighted by Crippen LogP contribution is -2.56. The van der Waals surface area contributed by atoms with Gasteiger partial charge in [0.05, 0.1) is 0 Å².